The van der Waals surface area contributed by atoms with Gasteiger partial charge in [0.1, 0.15) is 4.90 Å². The van der Waals surface area contributed by atoms with Crippen molar-refractivity contribution >= 4 is 111 Å². The van der Waals surface area contributed by atoms with Crippen molar-refractivity contribution in [3.05, 3.63) is 50.5 Å². The highest BCUT2D eigenvalue weighted by Gasteiger charge is 2.20. The molecule has 3 nitrogen and oxygen atoms in total. The van der Waals surface area contributed by atoms with E-state index in [2.05, 4.69) is 88.4 Å². The van der Waals surface area contributed by atoms with Gasteiger partial charge in [-0.05, 0) is 98.1 Å². The van der Waals surface area contributed by atoms with Crippen LogP contribution in [0, 0.1) is 10.7 Å². The smallest absolute Gasteiger partial charge is 0.263 e. The summed E-state index contributed by atoms with van der Waals surface area (Å²) < 4.78 is 31.1. The van der Waals surface area contributed by atoms with Crippen LogP contribution in [-0.4, -0.2) is 8.42 Å². The van der Waals surface area contributed by atoms with Gasteiger partial charge in [-0.1, -0.05) is 27.5 Å². The van der Waals surface area contributed by atoms with Crippen molar-refractivity contribution in [2.45, 2.75) is 4.90 Å². The van der Waals surface area contributed by atoms with Gasteiger partial charge >= 0.3 is 0 Å². The average Bonchev–Trinajstić information content (AvgIpc) is 2.33. The van der Waals surface area contributed by atoms with Crippen LogP contribution in [0.2, 0.25) is 5.02 Å². The fourth-order valence-corrected chi connectivity index (χ4v) is 7.88. The first-order valence-corrected chi connectivity index (χ1v) is 11.2. The summed E-state index contributed by atoms with van der Waals surface area (Å²) in [5, 5.41) is 0.174. The number of anilines is 1. The highest BCUT2D eigenvalue weighted by molar-refractivity contribution is 14.1. The van der Waals surface area contributed by atoms with Gasteiger partial charge in [0.15, 0.2) is 0 Å². The first-order valence-electron chi connectivity index (χ1n) is 5.33. The van der Waals surface area contributed by atoms with Gasteiger partial charge in [0.2, 0.25) is 0 Å². The molecule has 0 spiro atoms. The molecular weight excluding hydrogens is 718 g/mol. The largest absolute Gasteiger partial charge is 0.277 e. The van der Waals surface area contributed by atoms with Gasteiger partial charge in [-0.3, -0.25) is 4.72 Å². The summed E-state index contributed by atoms with van der Waals surface area (Å²) >= 11 is 15.7. The summed E-state index contributed by atoms with van der Waals surface area (Å²) in [5.41, 5.74) is 0.565. The van der Waals surface area contributed by atoms with E-state index in [4.69, 9.17) is 11.6 Å². The fourth-order valence-electron chi connectivity index (χ4n) is 1.52. The lowest BCUT2D eigenvalue weighted by Crippen LogP contribution is -2.15. The molecule has 2 rings (SSSR count). The molecule has 0 aliphatic carbocycles. The molecule has 0 saturated carbocycles. The highest BCUT2D eigenvalue weighted by Crippen LogP contribution is 2.31. The number of sulfonamides is 1. The molecule has 0 saturated heterocycles. The van der Waals surface area contributed by atoms with Crippen molar-refractivity contribution in [2.75, 3.05) is 4.72 Å². The Morgan fingerprint density at radius 2 is 1.62 bits per heavy atom. The lowest BCUT2D eigenvalue weighted by Gasteiger charge is -2.13. The number of halogens is 5. The van der Waals surface area contributed by atoms with Crippen LogP contribution >= 0.6 is 95.3 Å². The SMILES string of the molecule is O=S(=O)(Nc1c(I)cc(I)cc1I)c1ccc(Br)cc1Cl. The Kier molecular flexibility index (Phi) is 6.48. The standard InChI is InChI=1S/C12H6BrClI3NO2S/c13-6-1-2-11(8(14)3-6)21(19,20)18-12-9(16)4-7(15)5-10(12)17/h1-5,18H. The van der Waals surface area contributed by atoms with Gasteiger partial charge in [0.25, 0.3) is 10.0 Å². The summed E-state index contributed by atoms with van der Waals surface area (Å²) in [4.78, 5) is 0.0533. The monoisotopic (exact) mass is 723 g/mol. The third kappa shape index (κ3) is 4.58. The molecule has 0 aliphatic rings. The Morgan fingerprint density at radius 1 is 1.05 bits per heavy atom. The summed E-state index contributed by atoms with van der Waals surface area (Å²) in [5.74, 6) is 0. The van der Waals surface area contributed by atoms with Crippen molar-refractivity contribution in [3.8, 4) is 0 Å². The predicted molar refractivity (Wildman–Crippen MR) is 115 cm³/mol. The molecule has 0 heterocycles. The predicted octanol–water partition coefficient (Wildman–Crippen LogP) is 5.72. The van der Waals surface area contributed by atoms with Crippen LogP contribution in [-0.2, 0) is 10.0 Å². The minimum absolute atomic E-state index is 0.0533. The Bertz CT molecular complexity index is 791. The van der Waals surface area contributed by atoms with E-state index >= 15 is 0 Å². The molecule has 9 heteroatoms. The van der Waals surface area contributed by atoms with Gasteiger partial charge in [0.05, 0.1) is 10.7 Å². The van der Waals surface area contributed by atoms with E-state index in [1.165, 1.54) is 6.07 Å². The van der Waals surface area contributed by atoms with E-state index in [0.29, 0.717) is 5.69 Å². The van der Waals surface area contributed by atoms with E-state index in [0.717, 1.165) is 15.2 Å². The lowest BCUT2D eigenvalue weighted by atomic mass is 10.3. The quantitative estimate of drug-likeness (QED) is 0.413. The topological polar surface area (TPSA) is 46.2 Å². The normalized spacial score (nSPS) is 11.5. The van der Waals surface area contributed by atoms with Crippen LogP contribution in [0.4, 0.5) is 5.69 Å². The number of hydrogen-bond acceptors (Lipinski definition) is 2. The molecule has 112 valence electrons. The van der Waals surface area contributed by atoms with Gasteiger partial charge < -0.3 is 0 Å². The molecule has 2 aromatic rings. The minimum atomic E-state index is -3.73. The van der Waals surface area contributed by atoms with E-state index in [1.54, 1.807) is 12.1 Å². The fraction of sp³-hybridized carbons (Fsp3) is 0. The van der Waals surface area contributed by atoms with Gasteiger partial charge in [-0.15, -0.1) is 0 Å². The zero-order valence-corrected chi connectivity index (χ0v) is 19.6. The Morgan fingerprint density at radius 3 is 2.14 bits per heavy atom. The molecule has 0 fully saturated rings. The average molecular weight is 724 g/mol. The number of nitrogens with one attached hydrogen (secondary N) is 1. The van der Waals surface area contributed by atoms with Crippen molar-refractivity contribution < 1.29 is 8.42 Å². The van der Waals surface area contributed by atoms with Gasteiger partial charge in [-0.25, -0.2) is 8.42 Å². The van der Waals surface area contributed by atoms with E-state index < -0.39 is 10.0 Å². The summed E-state index contributed by atoms with van der Waals surface area (Å²) in [6.07, 6.45) is 0. The Labute approximate surface area is 177 Å². The van der Waals surface area contributed by atoms with Crippen LogP contribution < -0.4 is 4.72 Å². The maximum absolute atomic E-state index is 12.5. The summed E-state index contributed by atoms with van der Waals surface area (Å²) in [6, 6.07) is 8.49. The molecule has 1 N–H and O–H groups in total. The van der Waals surface area contributed by atoms with Gasteiger partial charge in [0, 0.05) is 15.2 Å². The summed E-state index contributed by atoms with van der Waals surface area (Å²) in [7, 11) is -3.73. The second kappa shape index (κ2) is 7.36. The maximum Gasteiger partial charge on any atom is 0.263 e. The molecule has 0 aliphatic heterocycles. The van der Waals surface area contributed by atoms with Crippen LogP contribution in [0.1, 0.15) is 0 Å². The third-order valence-electron chi connectivity index (χ3n) is 2.43. The Balaban J connectivity index is 2.47. The molecule has 0 amide bonds. The van der Waals surface area contributed by atoms with E-state index in [-0.39, 0.29) is 9.92 Å². The first-order chi connectivity index (χ1) is 9.70. The minimum Gasteiger partial charge on any atom is -0.277 e. The molecule has 21 heavy (non-hydrogen) atoms. The molecule has 2 aromatic carbocycles. The van der Waals surface area contributed by atoms with Crippen molar-refractivity contribution in [2.24, 2.45) is 0 Å². The van der Waals surface area contributed by atoms with Crippen LogP contribution in [0.3, 0.4) is 0 Å². The molecule has 0 unspecified atom stereocenters. The van der Waals surface area contributed by atoms with Crippen LogP contribution in [0.15, 0.2) is 39.7 Å². The lowest BCUT2D eigenvalue weighted by molar-refractivity contribution is 0.601. The zero-order chi connectivity index (χ0) is 15.8. The van der Waals surface area contributed by atoms with Crippen molar-refractivity contribution in [1.82, 2.24) is 0 Å². The first kappa shape index (κ1) is 18.5. The summed E-state index contributed by atoms with van der Waals surface area (Å²) in [6.45, 7) is 0. The van der Waals surface area contributed by atoms with Gasteiger partial charge in [-0.2, -0.15) is 0 Å². The van der Waals surface area contributed by atoms with Crippen molar-refractivity contribution in [1.29, 1.82) is 0 Å². The van der Waals surface area contributed by atoms with Crippen LogP contribution in [0.5, 0.6) is 0 Å². The molecular formula is C12H6BrClI3NO2S. The second-order valence-corrected chi connectivity index (χ2v) is 10.5. The molecule has 0 atom stereocenters. The van der Waals surface area contributed by atoms with Crippen molar-refractivity contribution in [3.63, 3.8) is 0 Å². The Hall–Kier alpha value is 1.15. The highest BCUT2D eigenvalue weighted by atomic mass is 127. The second-order valence-electron chi connectivity index (χ2n) is 3.92. The number of benzene rings is 2. The number of rotatable bonds is 3. The van der Waals surface area contributed by atoms with E-state index in [1.807, 2.05) is 12.1 Å². The maximum atomic E-state index is 12.5. The molecule has 0 radical (unpaired) electrons. The third-order valence-corrected chi connectivity index (χ3v) is 7.08. The number of hydrogen-bond donors (Lipinski definition) is 1. The van der Waals surface area contributed by atoms with Crippen LogP contribution in [0.25, 0.3) is 0 Å². The van der Waals surface area contributed by atoms with E-state index in [9.17, 15) is 8.42 Å². The zero-order valence-electron chi connectivity index (χ0n) is 10.0. The molecule has 0 aromatic heterocycles. The molecule has 0 bridgehead atoms.